The van der Waals surface area contributed by atoms with E-state index in [-0.39, 0.29) is 55.5 Å². The van der Waals surface area contributed by atoms with Crippen molar-refractivity contribution in [3.05, 3.63) is 65.2 Å². The lowest BCUT2D eigenvalue weighted by Crippen LogP contribution is -2.60. The highest BCUT2D eigenvalue weighted by Gasteiger charge is 2.37. The maximum atomic E-state index is 13.1. The minimum Gasteiger partial charge on any atom is -0.480 e. The summed E-state index contributed by atoms with van der Waals surface area (Å²) in [5.74, 6) is -3.36. The van der Waals surface area contributed by atoms with Crippen LogP contribution in [0.15, 0.2) is 48.5 Å². The summed E-state index contributed by atoms with van der Waals surface area (Å²) >= 11 is 0. The van der Waals surface area contributed by atoms with Gasteiger partial charge in [0.15, 0.2) is 0 Å². The molecule has 3 rings (SSSR count). The number of amidine groups is 2. The van der Waals surface area contributed by atoms with Crippen LogP contribution in [-0.2, 0) is 19.2 Å². The van der Waals surface area contributed by atoms with E-state index in [4.69, 9.17) is 22.3 Å². The molecule has 1 heterocycles. The number of carboxylic acid groups (broad SMARTS) is 1. The molecule has 14 heteroatoms. The number of aliphatic carboxylic acids is 1. The number of nitrogen functional groups attached to an aromatic ring is 2. The van der Waals surface area contributed by atoms with Crippen LogP contribution in [0.2, 0.25) is 0 Å². The number of carbonyl (C=O) groups excluding carboxylic acids is 4. The predicted octanol–water partition coefficient (Wildman–Crippen LogP) is -0.0825. The van der Waals surface area contributed by atoms with Gasteiger partial charge in [-0.1, -0.05) is 12.1 Å². The second-order valence-electron chi connectivity index (χ2n) is 9.36. The lowest BCUT2D eigenvalue weighted by molar-refractivity contribution is -0.155. The number of piperazine rings is 1. The molecule has 0 radical (unpaired) electrons. The molecule has 0 saturated carbocycles. The Morgan fingerprint density at radius 1 is 0.902 bits per heavy atom. The fraction of sp³-hybridized carbons (Fsp3) is 0.296. The molecule has 14 nitrogen and oxygen atoms in total. The van der Waals surface area contributed by atoms with Gasteiger partial charge in [0, 0.05) is 41.9 Å². The summed E-state index contributed by atoms with van der Waals surface area (Å²) in [5, 5.41) is 29.2. The van der Waals surface area contributed by atoms with Gasteiger partial charge < -0.3 is 37.0 Å². The third kappa shape index (κ3) is 8.36. The molecule has 1 saturated heterocycles. The van der Waals surface area contributed by atoms with Crippen LogP contribution in [0.1, 0.15) is 40.7 Å². The van der Waals surface area contributed by atoms with Gasteiger partial charge in [-0.05, 0) is 49.2 Å². The molecule has 1 fully saturated rings. The van der Waals surface area contributed by atoms with Crippen LogP contribution in [0.4, 0.5) is 5.69 Å². The quantitative estimate of drug-likeness (QED) is 0.136. The molecular weight excluding hydrogens is 532 g/mol. The van der Waals surface area contributed by atoms with Gasteiger partial charge in [0.2, 0.25) is 17.7 Å². The number of hydrogen-bond donors (Lipinski definition) is 7. The Labute approximate surface area is 235 Å². The van der Waals surface area contributed by atoms with Crippen molar-refractivity contribution in [2.75, 3.05) is 31.5 Å². The second-order valence-corrected chi connectivity index (χ2v) is 9.36. The van der Waals surface area contributed by atoms with Crippen molar-refractivity contribution in [1.29, 1.82) is 10.8 Å². The summed E-state index contributed by atoms with van der Waals surface area (Å²) in [7, 11) is 0. The highest BCUT2D eigenvalue weighted by Crippen LogP contribution is 2.18. The molecule has 0 bridgehead atoms. The number of hydrogen-bond acceptors (Lipinski definition) is 7. The summed E-state index contributed by atoms with van der Waals surface area (Å²) in [6, 6.07) is 11.4. The maximum absolute atomic E-state index is 13.1. The molecule has 216 valence electrons. The molecule has 0 spiro atoms. The number of carboxylic acids is 1. The lowest BCUT2D eigenvalue weighted by Gasteiger charge is -2.40. The second kappa shape index (κ2) is 13.7. The largest absolute Gasteiger partial charge is 0.480 e. The zero-order chi connectivity index (χ0) is 30.1. The average Bonchev–Trinajstić information content (AvgIpc) is 2.93. The Hall–Kier alpha value is -5.27. The summed E-state index contributed by atoms with van der Waals surface area (Å²) in [6.45, 7) is -0.821. The third-order valence-corrected chi connectivity index (χ3v) is 6.45. The molecule has 0 aromatic heterocycles. The molecule has 1 atom stereocenters. The van der Waals surface area contributed by atoms with E-state index < -0.39 is 42.8 Å². The van der Waals surface area contributed by atoms with E-state index in [2.05, 4.69) is 10.6 Å². The molecule has 1 aliphatic heterocycles. The number of rotatable bonds is 12. The Balaban J connectivity index is 1.60. The first-order valence-electron chi connectivity index (χ1n) is 12.7. The summed E-state index contributed by atoms with van der Waals surface area (Å²) in [4.78, 5) is 64.8. The minimum absolute atomic E-state index is 0.0184. The first-order chi connectivity index (χ1) is 19.5. The smallest absolute Gasteiger partial charge is 0.323 e. The Morgan fingerprint density at radius 2 is 1.46 bits per heavy atom. The van der Waals surface area contributed by atoms with E-state index >= 15 is 0 Å². The van der Waals surface area contributed by atoms with Gasteiger partial charge in [-0.3, -0.25) is 34.8 Å². The molecule has 0 aliphatic carbocycles. The van der Waals surface area contributed by atoms with Crippen molar-refractivity contribution in [2.24, 2.45) is 11.5 Å². The summed E-state index contributed by atoms with van der Waals surface area (Å²) in [5.41, 5.74) is 12.6. The lowest BCUT2D eigenvalue weighted by atomic mass is 10.0. The molecule has 2 aromatic rings. The normalized spacial score (nSPS) is 14.7. The van der Waals surface area contributed by atoms with Crippen LogP contribution in [0.3, 0.4) is 0 Å². The molecule has 9 N–H and O–H groups in total. The Kier molecular flexibility index (Phi) is 10.1. The van der Waals surface area contributed by atoms with Crippen LogP contribution in [0.5, 0.6) is 0 Å². The number of nitrogens with one attached hydrogen (secondary N) is 4. The van der Waals surface area contributed by atoms with Gasteiger partial charge in [0.25, 0.3) is 5.91 Å². The van der Waals surface area contributed by atoms with E-state index in [0.29, 0.717) is 16.8 Å². The maximum Gasteiger partial charge on any atom is 0.323 e. The van der Waals surface area contributed by atoms with Crippen molar-refractivity contribution in [3.8, 4) is 0 Å². The standard InChI is InChI=1S/C27H32N8O6/c28-24(29)16-4-6-18(7-5-16)26(40)32-14-22(37)35-13-12-34(15-23(38)39)27(41)20(35)2-1-3-21(36)33-19-10-8-17(9-11-19)25(30)31/h4-11,20H,1-3,12-15H2,(H3,28,29)(H3,30,31)(H,32,40)(H,33,36)(H,38,39)/t20-/m0/s1. The third-order valence-electron chi connectivity index (χ3n) is 6.45. The fourth-order valence-electron chi connectivity index (χ4n) is 4.31. The average molecular weight is 565 g/mol. The van der Waals surface area contributed by atoms with E-state index in [9.17, 15) is 29.1 Å². The SMILES string of the molecule is N=C(N)c1ccc(NC(=O)CCC[C@H]2C(=O)N(CC(=O)O)CCN2C(=O)CNC(=O)c2ccc(C(=N)N)cc2)cc1. The zero-order valence-electron chi connectivity index (χ0n) is 22.2. The van der Waals surface area contributed by atoms with Crippen LogP contribution in [0, 0.1) is 10.8 Å². The van der Waals surface area contributed by atoms with Gasteiger partial charge in [0.1, 0.15) is 24.3 Å². The zero-order valence-corrected chi connectivity index (χ0v) is 22.2. The number of nitrogens with two attached hydrogens (primary N) is 2. The highest BCUT2D eigenvalue weighted by atomic mass is 16.4. The van der Waals surface area contributed by atoms with Crippen LogP contribution in [-0.4, -0.2) is 88.4 Å². The fourth-order valence-corrected chi connectivity index (χ4v) is 4.31. The first kappa shape index (κ1) is 30.3. The molecular formula is C27H32N8O6. The topological polar surface area (TPSA) is 236 Å². The Bertz CT molecular complexity index is 1340. The van der Waals surface area contributed by atoms with Gasteiger partial charge in [-0.25, -0.2) is 0 Å². The van der Waals surface area contributed by atoms with Crippen molar-refractivity contribution in [3.63, 3.8) is 0 Å². The van der Waals surface area contributed by atoms with Crippen molar-refractivity contribution in [2.45, 2.75) is 25.3 Å². The van der Waals surface area contributed by atoms with E-state index in [1.807, 2.05) is 0 Å². The molecule has 1 aliphatic rings. The number of anilines is 1. The van der Waals surface area contributed by atoms with Gasteiger partial charge in [0.05, 0.1) is 6.54 Å². The van der Waals surface area contributed by atoms with E-state index in [1.165, 1.54) is 29.2 Å². The number of nitrogens with zero attached hydrogens (tertiary/aromatic N) is 2. The molecule has 41 heavy (non-hydrogen) atoms. The first-order valence-corrected chi connectivity index (χ1v) is 12.7. The summed E-state index contributed by atoms with van der Waals surface area (Å²) < 4.78 is 0. The summed E-state index contributed by atoms with van der Waals surface area (Å²) in [6.07, 6.45) is 0.372. The van der Waals surface area contributed by atoms with E-state index in [1.54, 1.807) is 24.3 Å². The van der Waals surface area contributed by atoms with Crippen LogP contribution >= 0.6 is 0 Å². The van der Waals surface area contributed by atoms with Gasteiger partial charge in [-0.2, -0.15) is 0 Å². The Morgan fingerprint density at radius 3 is 2.02 bits per heavy atom. The van der Waals surface area contributed by atoms with Gasteiger partial charge in [-0.15, -0.1) is 0 Å². The van der Waals surface area contributed by atoms with Crippen molar-refractivity contribution >= 4 is 47.0 Å². The predicted molar refractivity (Wildman–Crippen MR) is 149 cm³/mol. The number of benzene rings is 2. The van der Waals surface area contributed by atoms with Gasteiger partial charge >= 0.3 is 5.97 Å². The van der Waals surface area contributed by atoms with Crippen LogP contribution < -0.4 is 22.1 Å². The van der Waals surface area contributed by atoms with E-state index in [0.717, 1.165) is 4.90 Å². The number of amides is 4. The number of carbonyl (C=O) groups is 5. The monoisotopic (exact) mass is 564 g/mol. The minimum atomic E-state index is -1.19. The molecule has 4 amide bonds. The highest BCUT2D eigenvalue weighted by molar-refractivity contribution is 6.00. The van der Waals surface area contributed by atoms with Crippen LogP contribution in [0.25, 0.3) is 0 Å². The van der Waals surface area contributed by atoms with Crippen molar-refractivity contribution in [1.82, 2.24) is 15.1 Å². The van der Waals surface area contributed by atoms with Crippen molar-refractivity contribution < 1.29 is 29.1 Å². The molecule has 0 unspecified atom stereocenters. The molecule has 2 aromatic carbocycles.